The smallest absolute Gasteiger partial charge is 0.150 e. The number of fused-ring (bicyclic) bond motifs is 1. The Bertz CT molecular complexity index is 794. The van der Waals surface area contributed by atoms with Gasteiger partial charge in [0.1, 0.15) is 12.0 Å². The fourth-order valence-electron chi connectivity index (χ4n) is 2.27. The summed E-state index contributed by atoms with van der Waals surface area (Å²) >= 11 is 1.69. The molecule has 0 aromatic heterocycles. The summed E-state index contributed by atoms with van der Waals surface area (Å²) < 4.78 is 5.53. The summed E-state index contributed by atoms with van der Waals surface area (Å²) in [6.07, 6.45) is 0.862. The molecule has 0 bridgehead atoms. The molecule has 0 aliphatic rings. The van der Waals surface area contributed by atoms with Gasteiger partial charge >= 0.3 is 0 Å². The molecule has 0 saturated carbocycles. The molecule has 0 unspecified atom stereocenters. The van der Waals surface area contributed by atoms with Gasteiger partial charge in [0.15, 0.2) is 0 Å². The van der Waals surface area contributed by atoms with Gasteiger partial charge in [-0.3, -0.25) is 4.79 Å². The zero-order chi connectivity index (χ0) is 15.4. The van der Waals surface area contributed by atoms with Crippen LogP contribution in [0.5, 0.6) is 5.75 Å². The van der Waals surface area contributed by atoms with E-state index in [-0.39, 0.29) is 0 Å². The lowest BCUT2D eigenvalue weighted by Gasteiger charge is -2.07. The fraction of sp³-hybridized carbons (Fsp3) is 0.105. The molecular formula is C19H16O2S. The highest BCUT2D eigenvalue weighted by molar-refractivity contribution is 7.99. The van der Waals surface area contributed by atoms with Crippen LogP contribution in [0.15, 0.2) is 70.5 Å². The highest BCUT2D eigenvalue weighted by Gasteiger charge is 2.02. The molecule has 2 nitrogen and oxygen atoms in total. The van der Waals surface area contributed by atoms with Crippen molar-refractivity contribution in [1.29, 1.82) is 0 Å². The lowest BCUT2D eigenvalue weighted by Crippen LogP contribution is -1.90. The van der Waals surface area contributed by atoms with Gasteiger partial charge < -0.3 is 4.74 Å². The number of hydrogen-bond donors (Lipinski definition) is 0. The Morgan fingerprint density at radius 2 is 1.59 bits per heavy atom. The molecule has 3 aromatic rings. The van der Waals surface area contributed by atoms with Crippen molar-refractivity contribution < 1.29 is 9.53 Å². The number of ether oxygens (including phenoxy) is 1. The van der Waals surface area contributed by atoms with Crippen LogP contribution in [0.25, 0.3) is 10.8 Å². The Kier molecular flexibility index (Phi) is 4.45. The molecule has 0 fully saturated rings. The van der Waals surface area contributed by atoms with Crippen LogP contribution in [-0.2, 0) is 0 Å². The van der Waals surface area contributed by atoms with Crippen LogP contribution in [0.1, 0.15) is 17.3 Å². The second-order valence-electron chi connectivity index (χ2n) is 4.89. The van der Waals surface area contributed by atoms with E-state index in [0.717, 1.165) is 16.9 Å². The van der Waals surface area contributed by atoms with Gasteiger partial charge in [0.25, 0.3) is 0 Å². The van der Waals surface area contributed by atoms with Gasteiger partial charge in [-0.15, -0.1) is 0 Å². The van der Waals surface area contributed by atoms with E-state index in [2.05, 4.69) is 30.3 Å². The van der Waals surface area contributed by atoms with E-state index in [9.17, 15) is 4.79 Å². The molecule has 22 heavy (non-hydrogen) atoms. The molecule has 0 radical (unpaired) electrons. The zero-order valence-electron chi connectivity index (χ0n) is 12.3. The minimum absolute atomic E-state index is 0.677. The minimum Gasteiger partial charge on any atom is -0.494 e. The van der Waals surface area contributed by atoms with Crippen LogP contribution in [0.2, 0.25) is 0 Å². The van der Waals surface area contributed by atoms with Gasteiger partial charge in [-0.05, 0) is 54.1 Å². The van der Waals surface area contributed by atoms with Crippen LogP contribution in [0.4, 0.5) is 0 Å². The minimum atomic E-state index is 0.677. The maximum absolute atomic E-state index is 10.7. The number of hydrogen-bond acceptors (Lipinski definition) is 3. The van der Waals surface area contributed by atoms with Crippen LogP contribution in [0.3, 0.4) is 0 Å². The summed E-state index contributed by atoms with van der Waals surface area (Å²) in [5.41, 5.74) is 0.700. The first kappa shape index (κ1) is 14.7. The molecule has 0 saturated heterocycles. The average molecular weight is 308 g/mol. The SMILES string of the molecule is CCOc1ccc2cc(Sc3ccc(C=O)cc3)ccc2c1. The molecule has 0 aliphatic heterocycles. The van der Waals surface area contributed by atoms with Crippen molar-refractivity contribution >= 4 is 28.8 Å². The van der Waals surface area contributed by atoms with E-state index in [4.69, 9.17) is 4.74 Å². The number of carbonyl (C=O) groups is 1. The van der Waals surface area contributed by atoms with Crippen LogP contribution >= 0.6 is 11.8 Å². The van der Waals surface area contributed by atoms with Crippen LogP contribution in [0, 0.1) is 0 Å². The van der Waals surface area contributed by atoms with Crippen molar-refractivity contribution in [3.63, 3.8) is 0 Å². The van der Waals surface area contributed by atoms with E-state index < -0.39 is 0 Å². The van der Waals surface area contributed by atoms with Crippen LogP contribution < -0.4 is 4.74 Å². The maximum Gasteiger partial charge on any atom is 0.150 e. The molecule has 3 aromatic carbocycles. The van der Waals surface area contributed by atoms with Gasteiger partial charge in [-0.2, -0.15) is 0 Å². The van der Waals surface area contributed by atoms with Gasteiger partial charge in [0.2, 0.25) is 0 Å². The van der Waals surface area contributed by atoms with Crippen molar-refractivity contribution in [2.24, 2.45) is 0 Å². The zero-order valence-corrected chi connectivity index (χ0v) is 13.1. The first-order valence-corrected chi connectivity index (χ1v) is 8.00. The summed E-state index contributed by atoms with van der Waals surface area (Å²) in [6, 6.07) is 20.1. The molecule has 0 N–H and O–H groups in total. The van der Waals surface area contributed by atoms with Crippen molar-refractivity contribution in [3.8, 4) is 5.75 Å². The second-order valence-corrected chi connectivity index (χ2v) is 6.04. The number of benzene rings is 3. The lowest BCUT2D eigenvalue weighted by molar-refractivity contribution is 0.112. The Labute approximate surface area is 134 Å². The van der Waals surface area contributed by atoms with Gasteiger partial charge in [-0.25, -0.2) is 0 Å². The van der Waals surface area contributed by atoms with E-state index in [1.165, 1.54) is 15.7 Å². The third kappa shape index (κ3) is 3.31. The highest BCUT2D eigenvalue weighted by atomic mass is 32.2. The summed E-state index contributed by atoms with van der Waals surface area (Å²) in [6.45, 7) is 2.66. The maximum atomic E-state index is 10.7. The van der Waals surface area contributed by atoms with Gasteiger partial charge in [-0.1, -0.05) is 36.0 Å². The summed E-state index contributed by atoms with van der Waals surface area (Å²) in [7, 11) is 0. The predicted molar refractivity (Wildman–Crippen MR) is 91.1 cm³/mol. The summed E-state index contributed by atoms with van der Waals surface area (Å²) in [5, 5.41) is 2.37. The molecule has 0 spiro atoms. The van der Waals surface area contributed by atoms with E-state index in [0.29, 0.717) is 12.2 Å². The van der Waals surface area contributed by atoms with Crippen molar-refractivity contribution in [1.82, 2.24) is 0 Å². The molecule has 110 valence electrons. The van der Waals surface area contributed by atoms with Crippen molar-refractivity contribution in [3.05, 3.63) is 66.2 Å². The van der Waals surface area contributed by atoms with E-state index >= 15 is 0 Å². The summed E-state index contributed by atoms with van der Waals surface area (Å²) in [4.78, 5) is 13.0. The Morgan fingerprint density at radius 1 is 0.909 bits per heavy atom. The largest absolute Gasteiger partial charge is 0.494 e. The Morgan fingerprint density at radius 3 is 2.32 bits per heavy atom. The monoisotopic (exact) mass is 308 g/mol. The molecule has 0 heterocycles. The molecule has 0 aliphatic carbocycles. The van der Waals surface area contributed by atoms with E-state index in [1.54, 1.807) is 11.8 Å². The fourth-order valence-corrected chi connectivity index (χ4v) is 3.14. The molecule has 3 rings (SSSR count). The lowest BCUT2D eigenvalue weighted by atomic mass is 10.1. The number of rotatable bonds is 5. The Hall–Kier alpha value is -2.26. The highest BCUT2D eigenvalue weighted by Crippen LogP contribution is 2.31. The molecular weight excluding hydrogens is 292 g/mol. The molecule has 0 amide bonds. The molecule has 0 atom stereocenters. The van der Waals surface area contributed by atoms with Crippen LogP contribution in [-0.4, -0.2) is 12.9 Å². The standard InChI is InChI=1S/C19H16O2S/c1-2-21-17-7-5-16-12-19(10-6-15(16)11-17)22-18-8-3-14(13-20)4-9-18/h3-13H,2H2,1H3. The van der Waals surface area contributed by atoms with Crippen molar-refractivity contribution in [2.45, 2.75) is 16.7 Å². The van der Waals surface area contributed by atoms with Crippen molar-refractivity contribution in [2.75, 3.05) is 6.61 Å². The topological polar surface area (TPSA) is 26.3 Å². The Balaban J connectivity index is 1.84. The average Bonchev–Trinajstić information content (AvgIpc) is 2.56. The van der Waals surface area contributed by atoms with Gasteiger partial charge in [0.05, 0.1) is 6.61 Å². The normalized spacial score (nSPS) is 10.6. The quantitative estimate of drug-likeness (QED) is 0.606. The third-order valence-corrected chi connectivity index (χ3v) is 4.34. The number of aldehydes is 1. The predicted octanol–water partition coefficient (Wildman–Crippen LogP) is 5.20. The number of carbonyl (C=O) groups excluding carboxylic acids is 1. The van der Waals surface area contributed by atoms with Gasteiger partial charge in [0, 0.05) is 15.4 Å². The van der Waals surface area contributed by atoms with E-state index in [1.807, 2.05) is 37.3 Å². The third-order valence-electron chi connectivity index (χ3n) is 3.35. The summed E-state index contributed by atoms with van der Waals surface area (Å²) in [5.74, 6) is 0.903. The first-order chi connectivity index (χ1) is 10.8. The molecule has 3 heteroatoms. The first-order valence-electron chi connectivity index (χ1n) is 7.18. The second kappa shape index (κ2) is 6.67.